The lowest BCUT2D eigenvalue weighted by Crippen LogP contribution is -2.14. The first kappa shape index (κ1) is 13.0. The Morgan fingerprint density at radius 1 is 1.50 bits per heavy atom. The molecule has 1 aliphatic carbocycles. The van der Waals surface area contributed by atoms with E-state index < -0.39 is 17.7 Å². The number of carboxylic acids is 1. The molecule has 0 amide bonds. The van der Waals surface area contributed by atoms with Crippen LogP contribution in [0.15, 0.2) is 45.8 Å². The van der Waals surface area contributed by atoms with Crippen molar-refractivity contribution in [3.63, 3.8) is 0 Å². The first-order valence-corrected chi connectivity index (χ1v) is 5.97. The zero-order chi connectivity index (χ0) is 13.3. The van der Waals surface area contributed by atoms with Gasteiger partial charge >= 0.3 is 12.1 Å². The van der Waals surface area contributed by atoms with E-state index in [4.69, 9.17) is 5.11 Å². The number of halogens is 3. The predicted octanol–water partition coefficient (Wildman–Crippen LogP) is 3.65. The minimum Gasteiger partial charge on any atom is -0.478 e. The van der Waals surface area contributed by atoms with Gasteiger partial charge in [0, 0.05) is 16.9 Å². The Hall–Kier alpha value is -1.43. The smallest absolute Gasteiger partial charge is 0.416 e. The highest BCUT2D eigenvalue weighted by Crippen LogP contribution is 2.47. The van der Waals surface area contributed by atoms with Gasteiger partial charge in [-0.05, 0) is 23.5 Å². The third-order valence-corrected chi connectivity index (χ3v) is 3.74. The fourth-order valence-electron chi connectivity index (χ4n) is 1.75. The molecule has 1 atom stereocenters. The van der Waals surface area contributed by atoms with Crippen LogP contribution in [0.1, 0.15) is 6.42 Å². The maximum Gasteiger partial charge on any atom is 0.416 e. The van der Waals surface area contributed by atoms with Gasteiger partial charge in [0.05, 0.1) is 5.57 Å². The van der Waals surface area contributed by atoms with Gasteiger partial charge in [0.15, 0.2) is 0 Å². The van der Waals surface area contributed by atoms with Crippen LogP contribution in [-0.2, 0) is 4.79 Å². The van der Waals surface area contributed by atoms with E-state index >= 15 is 0 Å². The van der Waals surface area contributed by atoms with E-state index in [0.717, 1.165) is 12.2 Å². The van der Waals surface area contributed by atoms with Crippen LogP contribution in [0.4, 0.5) is 13.2 Å². The van der Waals surface area contributed by atoms with E-state index in [1.165, 1.54) is 23.9 Å². The molecule has 96 valence electrons. The third kappa shape index (κ3) is 2.87. The number of rotatable bonds is 2. The zero-order valence-electron chi connectivity index (χ0n) is 9.07. The molecule has 0 saturated carbocycles. The second-order valence-corrected chi connectivity index (χ2v) is 5.04. The first-order valence-electron chi connectivity index (χ1n) is 5.16. The van der Waals surface area contributed by atoms with Crippen LogP contribution in [0.3, 0.4) is 0 Å². The number of carboxylic acid groups (broad SMARTS) is 1. The summed E-state index contributed by atoms with van der Waals surface area (Å²) in [5, 5.41) is 8.48. The monoisotopic (exact) mass is 274 g/mol. The van der Waals surface area contributed by atoms with Crippen LogP contribution in [0.25, 0.3) is 0 Å². The quantitative estimate of drug-likeness (QED) is 0.781. The Labute approximate surface area is 106 Å². The molecule has 0 aromatic rings. The summed E-state index contributed by atoms with van der Waals surface area (Å²) in [5.41, 5.74) is -0.627. The Kier molecular flexibility index (Phi) is 3.38. The van der Waals surface area contributed by atoms with Gasteiger partial charge in [-0.2, -0.15) is 13.2 Å². The fraction of sp³-hybridized carbons (Fsp3) is 0.250. The van der Waals surface area contributed by atoms with Crippen LogP contribution in [-0.4, -0.2) is 17.3 Å². The number of aliphatic carboxylic acids is 1. The molecule has 0 saturated heterocycles. The largest absolute Gasteiger partial charge is 0.478 e. The van der Waals surface area contributed by atoms with Crippen molar-refractivity contribution in [3.8, 4) is 0 Å². The van der Waals surface area contributed by atoms with Crippen molar-refractivity contribution in [1.82, 2.24) is 0 Å². The van der Waals surface area contributed by atoms with Crippen molar-refractivity contribution in [2.24, 2.45) is 5.92 Å². The summed E-state index contributed by atoms with van der Waals surface area (Å²) in [6.07, 6.45) is 2.47. The molecule has 1 unspecified atom stereocenters. The topological polar surface area (TPSA) is 37.3 Å². The molecule has 2 nitrogen and oxygen atoms in total. The van der Waals surface area contributed by atoms with Crippen LogP contribution in [0.2, 0.25) is 0 Å². The molecule has 1 aliphatic heterocycles. The summed E-state index contributed by atoms with van der Waals surface area (Å²) >= 11 is 1.19. The molecule has 0 radical (unpaired) electrons. The number of fused-ring (bicyclic) bond motifs is 1. The summed E-state index contributed by atoms with van der Waals surface area (Å²) in [6, 6.07) is 0. The Morgan fingerprint density at radius 3 is 2.83 bits per heavy atom. The van der Waals surface area contributed by atoms with Gasteiger partial charge in [-0.25, -0.2) is 4.79 Å². The molecule has 2 aliphatic rings. The highest BCUT2D eigenvalue weighted by Gasteiger charge is 2.36. The van der Waals surface area contributed by atoms with Gasteiger partial charge in [-0.1, -0.05) is 23.9 Å². The highest BCUT2D eigenvalue weighted by atomic mass is 32.2. The average Bonchev–Trinajstić information content (AvgIpc) is 2.66. The Morgan fingerprint density at radius 2 is 2.22 bits per heavy atom. The van der Waals surface area contributed by atoms with Crippen molar-refractivity contribution in [2.75, 3.05) is 0 Å². The van der Waals surface area contributed by atoms with Gasteiger partial charge < -0.3 is 5.11 Å². The van der Waals surface area contributed by atoms with E-state index in [1.54, 1.807) is 6.08 Å². The van der Waals surface area contributed by atoms with Crippen molar-refractivity contribution >= 4 is 17.7 Å². The molecule has 2 rings (SSSR count). The fourth-order valence-corrected chi connectivity index (χ4v) is 2.90. The lowest BCUT2D eigenvalue weighted by Gasteiger charge is -2.17. The molecule has 1 heterocycles. The van der Waals surface area contributed by atoms with Gasteiger partial charge in [0.2, 0.25) is 0 Å². The molecule has 0 fully saturated rings. The Bertz CT molecular complexity index is 498. The molecule has 1 N–H and O–H groups in total. The molecule has 0 bridgehead atoms. The van der Waals surface area contributed by atoms with E-state index in [0.29, 0.717) is 16.2 Å². The van der Waals surface area contributed by atoms with Crippen LogP contribution in [0, 0.1) is 5.92 Å². The standard InChI is InChI=1S/C12H9F3O2S/c13-12(14,15)8-2-1-7-5-9(3-4-11(16)17)18-10(7)6-8/h2-7H,1H2,(H,16,17)/b4-3+. The lowest BCUT2D eigenvalue weighted by atomic mass is 9.96. The Balaban J connectivity index is 2.13. The first-order chi connectivity index (χ1) is 8.36. The van der Waals surface area contributed by atoms with Crippen molar-refractivity contribution < 1.29 is 23.1 Å². The molecular formula is C12H9F3O2S. The molecule has 6 heteroatoms. The predicted molar refractivity (Wildman–Crippen MR) is 62.8 cm³/mol. The number of alkyl halides is 3. The van der Waals surface area contributed by atoms with Crippen LogP contribution >= 0.6 is 11.8 Å². The number of hydrogen-bond acceptors (Lipinski definition) is 2. The lowest BCUT2D eigenvalue weighted by molar-refractivity contribution is -0.131. The summed E-state index contributed by atoms with van der Waals surface area (Å²) in [7, 11) is 0. The van der Waals surface area contributed by atoms with Gasteiger partial charge in [0.1, 0.15) is 0 Å². The second-order valence-electron chi connectivity index (χ2n) is 3.89. The number of hydrogen-bond donors (Lipinski definition) is 1. The van der Waals surface area contributed by atoms with E-state index in [2.05, 4.69) is 0 Å². The SMILES string of the molecule is O=C(O)/C=C/C1=CC2CC=C(C(F)(F)F)C=C2S1. The number of thioether (sulfide) groups is 1. The molecule has 0 aromatic carbocycles. The van der Waals surface area contributed by atoms with E-state index in [9.17, 15) is 18.0 Å². The zero-order valence-corrected chi connectivity index (χ0v) is 9.89. The van der Waals surface area contributed by atoms with Crippen molar-refractivity contribution in [2.45, 2.75) is 12.6 Å². The number of allylic oxidation sites excluding steroid dienone is 6. The average molecular weight is 274 g/mol. The summed E-state index contributed by atoms with van der Waals surface area (Å²) < 4.78 is 37.6. The van der Waals surface area contributed by atoms with Gasteiger partial charge in [-0.3, -0.25) is 0 Å². The van der Waals surface area contributed by atoms with E-state index in [1.807, 2.05) is 0 Å². The molecule has 0 aromatic heterocycles. The third-order valence-electron chi connectivity index (χ3n) is 2.57. The summed E-state index contributed by atoms with van der Waals surface area (Å²) in [6.45, 7) is 0. The molecular weight excluding hydrogens is 265 g/mol. The molecule has 18 heavy (non-hydrogen) atoms. The second kappa shape index (κ2) is 4.68. The summed E-state index contributed by atoms with van der Waals surface area (Å²) in [5.74, 6) is -1.14. The van der Waals surface area contributed by atoms with Gasteiger partial charge in [-0.15, -0.1) is 0 Å². The summed E-state index contributed by atoms with van der Waals surface area (Å²) in [4.78, 5) is 11.6. The molecule has 0 spiro atoms. The highest BCUT2D eigenvalue weighted by molar-refractivity contribution is 8.07. The van der Waals surface area contributed by atoms with Crippen molar-refractivity contribution in [3.05, 3.63) is 45.8 Å². The van der Waals surface area contributed by atoms with E-state index in [-0.39, 0.29) is 5.92 Å². The maximum absolute atomic E-state index is 12.5. The van der Waals surface area contributed by atoms with Gasteiger partial charge in [0.25, 0.3) is 0 Å². The number of carbonyl (C=O) groups is 1. The minimum atomic E-state index is -4.32. The normalized spacial score (nSPS) is 23.5. The minimum absolute atomic E-state index is 0.0606. The van der Waals surface area contributed by atoms with Crippen molar-refractivity contribution in [1.29, 1.82) is 0 Å². The maximum atomic E-state index is 12.5. The van der Waals surface area contributed by atoms with Crippen LogP contribution < -0.4 is 0 Å². The van der Waals surface area contributed by atoms with Crippen LogP contribution in [0.5, 0.6) is 0 Å².